The zero-order valence-corrected chi connectivity index (χ0v) is 8.49. The first kappa shape index (κ1) is 10.7. The monoisotopic (exact) mass is 192 g/mol. The van der Waals surface area contributed by atoms with Gasteiger partial charge in [-0.2, -0.15) is 0 Å². The van der Waals surface area contributed by atoms with Gasteiger partial charge in [0.1, 0.15) is 12.4 Å². The van der Waals surface area contributed by atoms with E-state index in [1.54, 1.807) is 6.20 Å². The first-order valence-electron chi connectivity index (χ1n) is 4.70. The first-order valence-corrected chi connectivity index (χ1v) is 4.70. The van der Waals surface area contributed by atoms with Gasteiger partial charge >= 0.3 is 0 Å². The van der Waals surface area contributed by atoms with Crippen LogP contribution in [0.4, 0.5) is 0 Å². The molecule has 3 heteroatoms. The van der Waals surface area contributed by atoms with Crippen LogP contribution in [0.25, 0.3) is 0 Å². The van der Waals surface area contributed by atoms with Gasteiger partial charge in [0.15, 0.2) is 0 Å². The summed E-state index contributed by atoms with van der Waals surface area (Å²) in [5.41, 5.74) is 0.927. The van der Waals surface area contributed by atoms with Crippen LogP contribution < -0.4 is 10.1 Å². The lowest BCUT2D eigenvalue weighted by Crippen LogP contribution is -2.21. The third kappa shape index (κ3) is 3.58. The summed E-state index contributed by atoms with van der Waals surface area (Å²) in [5.74, 6) is 0.855. The van der Waals surface area contributed by atoms with Crippen molar-refractivity contribution in [3.8, 4) is 5.75 Å². The third-order valence-corrected chi connectivity index (χ3v) is 1.78. The second kappa shape index (κ2) is 6.16. The Bertz CT molecular complexity index is 286. The maximum absolute atomic E-state index is 5.52. The van der Waals surface area contributed by atoms with Gasteiger partial charge in [-0.3, -0.25) is 4.98 Å². The second-order valence-corrected chi connectivity index (χ2v) is 2.93. The number of rotatable bonds is 6. The van der Waals surface area contributed by atoms with Crippen molar-refractivity contribution < 1.29 is 4.74 Å². The minimum Gasteiger partial charge on any atom is -0.490 e. The molecule has 0 saturated carbocycles. The molecule has 0 aliphatic carbocycles. The highest BCUT2D eigenvalue weighted by Crippen LogP contribution is 2.12. The molecule has 1 aromatic rings. The number of aryl methyl sites for hydroxylation is 1. The van der Waals surface area contributed by atoms with Crippen LogP contribution in [0.1, 0.15) is 5.69 Å². The van der Waals surface area contributed by atoms with E-state index < -0.39 is 0 Å². The summed E-state index contributed by atoms with van der Waals surface area (Å²) < 4.78 is 5.52. The first-order chi connectivity index (χ1) is 6.84. The molecule has 1 aromatic heterocycles. The molecule has 0 unspecified atom stereocenters. The van der Waals surface area contributed by atoms with Crippen LogP contribution in [0.5, 0.6) is 5.75 Å². The molecule has 1 heterocycles. The Labute approximate surface area is 84.8 Å². The summed E-state index contributed by atoms with van der Waals surface area (Å²) in [6.07, 6.45) is 3.59. The summed E-state index contributed by atoms with van der Waals surface area (Å²) in [7, 11) is 0. The molecular formula is C11H16N2O. The SMILES string of the molecule is C=CCNCCOc1cccnc1C. The number of nitrogens with one attached hydrogen (secondary N) is 1. The van der Waals surface area contributed by atoms with Gasteiger partial charge in [0.25, 0.3) is 0 Å². The Morgan fingerprint density at radius 2 is 2.50 bits per heavy atom. The molecule has 14 heavy (non-hydrogen) atoms. The number of ether oxygens (including phenoxy) is 1. The van der Waals surface area contributed by atoms with Crippen LogP contribution in [0.3, 0.4) is 0 Å². The van der Waals surface area contributed by atoms with E-state index in [1.807, 2.05) is 25.1 Å². The molecule has 0 aliphatic heterocycles. The molecule has 1 N–H and O–H groups in total. The van der Waals surface area contributed by atoms with Gasteiger partial charge in [-0.25, -0.2) is 0 Å². The highest BCUT2D eigenvalue weighted by molar-refractivity contribution is 5.25. The van der Waals surface area contributed by atoms with Crippen molar-refractivity contribution in [1.29, 1.82) is 0 Å². The van der Waals surface area contributed by atoms with Gasteiger partial charge in [-0.1, -0.05) is 6.08 Å². The number of aromatic nitrogens is 1. The predicted molar refractivity (Wildman–Crippen MR) is 57.5 cm³/mol. The number of pyridine rings is 1. The van der Waals surface area contributed by atoms with Gasteiger partial charge in [-0.05, 0) is 19.1 Å². The Morgan fingerprint density at radius 1 is 1.64 bits per heavy atom. The fraction of sp³-hybridized carbons (Fsp3) is 0.364. The molecule has 0 fully saturated rings. The lowest BCUT2D eigenvalue weighted by Gasteiger charge is -2.07. The Morgan fingerprint density at radius 3 is 3.21 bits per heavy atom. The minimum atomic E-state index is 0.653. The van der Waals surface area contributed by atoms with Gasteiger partial charge in [0, 0.05) is 19.3 Å². The molecule has 0 bridgehead atoms. The van der Waals surface area contributed by atoms with Gasteiger partial charge in [0.2, 0.25) is 0 Å². The van der Waals surface area contributed by atoms with Crippen LogP contribution in [0.15, 0.2) is 31.0 Å². The van der Waals surface area contributed by atoms with E-state index in [0.717, 1.165) is 24.5 Å². The van der Waals surface area contributed by atoms with E-state index in [4.69, 9.17) is 4.74 Å². The highest BCUT2D eigenvalue weighted by Gasteiger charge is 1.97. The van der Waals surface area contributed by atoms with E-state index in [0.29, 0.717) is 6.61 Å². The van der Waals surface area contributed by atoms with Crippen molar-refractivity contribution in [3.63, 3.8) is 0 Å². The fourth-order valence-electron chi connectivity index (χ4n) is 1.06. The van der Waals surface area contributed by atoms with E-state index in [-0.39, 0.29) is 0 Å². The van der Waals surface area contributed by atoms with Gasteiger partial charge in [0.05, 0.1) is 5.69 Å². The third-order valence-electron chi connectivity index (χ3n) is 1.78. The van der Waals surface area contributed by atoms with E-state index in [2.05, 4.69) is 16.9 Å². The summed E-state index contributed by atoms with van der Waals surface area (Å²) in [4.78, 5) is 4.13. The average molecular weight is 192 g/mol. The quantitative estimate of drug-likeness (QED) is 0.548. The normalized spacial score (nSPS) is 9.79. The molecular weight excluding hydrogens is 176 g/mol. The van der Waals surface area contributed by atoms with Crippen molar-refractivity contribution in [1.82, 2.24) is 10.3 Å². The Kier molecular flexibility index (Phi) is 4.72. The lowest BCUT2D eigenvalue weighted by atomic mass is 10.3. The second-order valence-electron chi connectivity index (χ2n) is 2.93. The summed E-state index contributed by atoms with van der Waals surface area (Å²) in [6.45, 7) is 7.84. The van der Waals surface area contributed by atoms with Gasteiger partial charge in [-0.15, -0.1) is 6.58 Å². The molecule has 0 amide bonds. The van der Waals surface area contributed by atoms with Crippen LogP contribution in [-0.4, -0.2) is 24.7 Å². The summed E-state index contributed by atoms with van der Waals surface area (Å²) in [6, 6.07) is 3.80. The molecule has 0 aromatic carbocycles. The fourth-order valence-corrected chi connectivity index (χ4v) is 1.06. The average Bonchev–Trinajstić information content (AvgIpc) is 2.20. The largest absolute Gasteiger partial charge is 0.490 e. The molecule has 3 nitrogen and oxygen atoms in total. The predicted octanol–water partition coefficient (Wildman–Crippen LogP) is 1.54. The van der Waals surface area contributed by atoms with Crippen LogP contribution in [-0.2, 0) is 0 Å². The molecule has 0 radical (unpaired) electrons. The molecule has 0 aliphatic rings. The topological polar surface area (TPSA) is 34.1 Å². The van der Waals surface area contributed by atoms with Crippen LogP contribution in [0, 0.1) is 6.92 Å². The Hall–Kier alpha value is -1.35. The van der Waals surface area contributed by atoms with Crippen LogP contribution >= 0.6 is 0 Å². The van der Waals surface area contributed by atoms with Crippen molar-refractivity contribution >= 4 is 0 Å². The number of hydrogen-bond donors (Lipinski definition) is 1. The lowest BCUT2D eigenvalue weighted by molar-refractivity contribution is 0.313. The van der Waals surface area contributed by atoms with Crippen molar-refractivity contribution in [2.75, 3.05) is 19.7 Å². The number of hydrogen-bond acceptors (Lipinski definition) is 3. The molecule has 0 atom stereocenters. The van der Waals surface area contributed by atoms with E-state index >= 15 is 0 Å². The van der Waals surface area contributed by atoms with Gasteiger partial charge < -0.3 is 10.1 Å². The van der Waals surface area contributed by atoms with E-state index in [1.165, 1.54) is 0 Å². The zero-order chi connectivity index (χ0) is 10.2. The molecule has 0 saturated heterocycles. The smallest absolute Gasteiger partial charge is 0.140 e. The molecule has 0 spiro atoms. The number of nitrogens with zero attached hydrogens (tertiary/aromatic N) is 1. The van der Waals surface area contributed by atoms with E-state index in [9.17, 15) is 0 Å². The maximum atomic E-state index is 5.52. The summed E-state index contributed by atoms with van der Waals surface area (Å²) >= 11 is 0. The Balaban J connectivity index is 2.24. The van der Waals surface area contributed by atoms with Crippen molar-refractivity contribution in [3.05, 3.63) is 36.7 Å². The molecule has 76 valence electrons. The van der Waals surface area contributed by atoms with Crippen molar-refractivity contribution in [2.45, 2.75) is 6.92 Å². The standard InChI is InChI=1S/C11H16N2O/c1-3-6-12-8-9-14-11-5-4-7-13-10(11)2/h3-5,7,12H,1,6,8-9H2,2H3. The molecule has 1 rings (SSSR count). The van der Waals surface area contributed by atoms with Crippen molar-refractivity contribution in [2.24, 2.45) is 0 Å². The summed E-state index contributed by atoms with van der Waals surface area (Å²) in [5, 5.41) is 3.16. The maximum Gasteiger partial charge on any atom is 0.140 e. The minimum absolute atomic E-state index is 0.653. The highest BCUT2D eigenvalue weighted by atomic mass is 16.5. The van der Waals surface area contributed by atoms with Crippen LogP contribution in [0.2, 0.25) is 0 Å². The zero-order valence-electron chi connectivity index (χ0n) is 8.49.